The van der Waals surface area contributed by atoms with Crippen molar-refractivity contribution in [2.45, 2.75) is 17.7 Å². The minimum atomic E-state index is -1.37. The van der Waals surface area contributed by atoms with Gasteiger partial charge in [-0.05, 0) is 27.8 Å². The third kappa shape index (κ3) is 3.22. The Morgan fingerprint density at radius 3 is 1.84 bits per heavy atom. The zero-order valence-electron chi connectivity index (χ0n) is 20.0. The molecule has 1 fully saturated rings. The van der Waals surface area contributed by atoms with Crippen LogP contribution in [0.1, 0.15) is 27.0 Å². The van der Waals surface area contributed by atoms with E-state index in [9.17, 15) is 14.4 Å². The van der Waals surface area contributed by atoms with Gasteiger partial charge in [-0.3, -0.25) is 9.69 Å². The largest absolute Gasteiger partial charge is 0.467 e. The molecule has 1 heterocycles. The predicted molar refractivity (Wildman–Crippen MR) is 137 cm³/mol. The van der Waals surface area contributed by atoms with Crippen LogP contribution in [0.25, 0.3) is 11.1 Å². The molecule has 1 saturated heterocycles. The summed E-state index contributed by atoms with van der Waals surface area (Å²) in [6.45, 7) is 0. The van der Waals surface area contributed by atoms with Gasteiger partial charge in [0.15, 0.2) is 12.1 Å². The fraction of sp³-hybridized carbons (Fsp3) is 0.129. The average Bonchev–Trinajstić information content (AvgIpc) is 3.46. The SMILES string of the molecule is COC(=O)[C@@H]1[C@@H](C(=O)c2ccccc2)OC(=O)N1C1(c2ccccc2)c2ccccc2-c2ccccc21. The number of nitrogens with zero attached hydrogens (tertiary/aromatic N) is 1. The van der Waals surface area contributed by atoms with Crippen molar-refractivity contribution < 1.29 is 23.9 Å². The molecule has 2 atom stereocenters. The first-order chi connectivity index (χ1) is 18.1. The number of carbonyl (C=O) groups is 3. The van der Waals surface area contributed by atoms with Crippen molar-refractivity contribution in [3.8, 4) is 11.1 Å². The molecule has 1 amide bonds. The Bertz CT molecular complexity index is 1470. The molecule has 0 N–H and O–H groups in total. The fourth-order valence-electron chi connectivity index (χ4n) is 5.74. The Hall–Kier alpha value is -4.71. The van der Waals surface area contributed by atoms with Crippen LogP contribution in [0.15, 0.2) is 109 Å². The van der Waals surface area contributed by atoms with Crippen LogP contribution in [0.3, 0.4) is 0 Å². The number of benzene rings is 4. The molecule has 37 heavy (non-hydrogen) atoms. The van der Waals surface area contributed by atoms with Crippen LogP contribution in [0.2, 0.25) is 0 Å². The summed E-state index contributed by atoms with van der Waals surface area (Å²) in [7, 11) is 1.25. The standard InChI is InChI=1S/C31H23NO5/c1-36-29(34)26-28(27(33)20-12-4-2-5-13-20)37-30(35)32(26)31(21-14-6-3-7-15-21)24-18-10-8-16-22(24)23-17-9-11-19-25(23)31/h2-19,26,28H,1H3/t26-,28-/m0/s1. The maximum Gasteiger partial charge on any atom is 0.412 e. The summed E-state index contributed by atoms with van der Waals surface area (Å²) in [5, 5.41) is 0. The van der Waals surface area contributed by atoms with E-state index in [1.165, 1.54) is 12.0 Å². The van der Waals surface area contributed by atoms with Gasteiger partial charge in [-0.2, -0.15) is 0 Å². The number of rotatable bonds is 5. The fourth-order valence-corrected chi connectivity index (χ4v) is 5.74. The summed E-state index contributed by atoms with van der Waals surface area (Å²) in [5.41, 5.74) is 3.41. The molecule has 0 bridgehead atoms. The van der Waals surface area contributed by atoms with Crippen molar-refractivity contribution in [1.29, 1.82) is 0 Å². The second-order valence-corrected chi connectivity index (χ2v) is 9.04. The monoisotopic (exact) mass is 489 g/mol. The molecule has 4 aromatic rings. The van der Waals surface area contributed by atoms with Gasteiger partial charge in [0.1, 0.15) is 5.54 Å². The maximum atomic E-state index is 13.9. The number of fused-ring (bicyclic) bond motifs is 3. The number of cyclic esters (lactones) is 1. The van der Waals surface area contributed by atoms with Crippen molar-refractivity contribution in [3.63, 3.8) is 0 Å². The van der Waals surface area contributed by atoms with Gasteiger partial charge in [0.25, 0.3) is 0 Å². The second-order valence-electron chi connectivity index (χ2n) is 9.04. The minimum Gasteiger partial charge on any atom is -0.467 e. The van der Waals surface area contributed by atoms with E-state index in [0.29, 0.717) is 5.56 Å². The smallest absolute Gasteiger partial charge is 0.412 e. The number of hydrogen-bond donors (Lipinski definition) is 0. The second kappa shape index (κ2) is 8.75. The van der Waals surface area contributed by atoms with Crippen LogP contribution in [-0.4, -0.2) is 42.0 Å². The number of Topliss-reactive ketones (excluding diaryl/α,β-unsaturated/α-hetero) is 1. The third-order valence-corrected chi connectivity index (χ3v) is 7.23. The summed E-state index contributed by atoms with van der Waals surface area (Å²) in [5.74, 6) is -1.19. The van der Waals surface area contributed by atoms with Gasteiger partial charge in [-0.15, -0.1) is 0 Å². The van der Waals surface area contributed by atoms with Gasteiger partial charge >= 0.3 is 12.1 Å². The third-order valence-electron chi connectivity index (χ3n) is 7.23. The van der Waals surface area contributed by atoms with E-state index in [2.05, 4.69) is 0 Å². The van der Waals surface area contributed by atoms with Crippen LogP contribution >= 0.6 is 0 Å². The number of carbonyl (C=O) groups excluding carboxylic acids is 3. The summed E-state index contributed by atoms with van der Waals surface area (Å²) in [4.78, 5) is 42.3. The van der Waals surface area contributed by atoms with E-state index in [-0.39, 0.29) is 0 Å². The van der Waals surface area contributed by atoms with Crippen molar-refractivity contribution in [2.75, 3.05) is 7.11 Å². The summed E-state index contributed by atoms with van der Waals surface area (Å²) < 4.78 is 10.9. The Balaban J connectivity index is 1.64. The van der Waals surface area contributed by atoms with E-state index in [1.54, 1.807) is 30.3 Å². The topological polar surface area (TPSA) is 72.9 Å². The highest BCUT2D eigenvalue weighted by atomic mass is 16.6. The zero-order chi connectivity index (χ0) is 25.6. The first-order valence-electron chi connectivity index (χ1n) is 12.0. The lowest BCUT2D eigenvalue weighted by atomic mass is 9.78. The molecule has 0 unspecified atom stereocenters. The van der Waals surface area contributed by atoms with Crippen LogP contribution in [0.5, 0.6) is 0 Å². The molecular formula is C31H23NO5. The Morgan fingerprint density at radius 1 is 0.757 bits per heavy atom. The number of ether oxygens (including phenoxy) is 2. The molecular weight excluding hydrogens is 466 g/mol. The van der Waals surface area contributed by atoms with Crippen molar-refractivity contribution in [1.82, 2.24) is 4.90 Å². The molecule has 1 aliphatic carbocycles. The zero-order valence-corrected chi connectivity index (χ0v) is 20.0. The highest BCUT2D eigenvalue weighted by molar-refractivity contribution is 6.06. The lowest BCUT2D eigenvalue weighted by molar-refractivity contribution is -0.147. The Kier molecular flexibility index (Phi) is 5.37. The molecule has 6 rings (SSSR count). The lowest BCUT2D eigenvalue weighted by Gasteiger charge is -2.42. The van der Waals surface area contributed by atoms with E-state index >= 15 is 0 Å². The van der Waals surface area contributed by atoms with Crippen LogP contribution < -0.4 is 0 Å². The van der Waals surface area contributed by atoms with Gasteiger partial charge in [-0.1, -0.05) is 109 Å². The first-order valence-corrected chi connectivity index (χ1v) is 12.0. The molecule has 0 spiro atoms. The van der Waals surface area contributed by atoms with E-state index in [1.807, 2.05) is 78.9 Å². The quantitative estimate of drug-likeness (QED) is 0.285. The maximum absolute atomic E-state index is 13.9. The summed E-state index contributed by atoms with van der Waals surface area (Å²) in [6.07, 6.45) is -2.14. The lowest BCUT2D eigenvalue weighted by Crippen LogP contribution is -2.56. The molecule has 0 radical (unpaired) electrons. The van der Waals surface area contributed by atoms with Gasteiger partial charge in [-0.25, -0.2) is 9.59 Å². The summed E-state index contributed by atoms with van der Waals surface area (Å²) >= 11 is 0. The van der Waals surface area contributed by atoms with E-state index in [0.717, 1.165) is 27.8 Å². The number of methoxy groups -OCH3 is 1. The normalized spacial score (nSPS) is 19.1. The molecule has 6 nitrogen and oxygen atoms in total. The molecule has 4 aromatic carbocycles. The molecule has 2 aliphatic rings. The van der Waals surface area contributed by atoms with Crippen LogP contribution in [-0.2, 0) is 19.8 Å². The van der Waals surface area contributed by atoms with Crippen molar-refractivity contribution in [3.05, 3.63) is 131 Å². The Morgan fingerprint density at radius 2 is 1.27 bits per heavy atom. The van der Waals surface area contributed by atoms with Crippen molar-refractivity contribution in [2.24, 2.45) is 0 Å². The van der Waals surface area contributed by atoms with Gasteiger partial charge in [0.2, 0.25) is 5.78 Å². The average molecular weight is 490 g/mol. The van der Waals surface area contributed by atoms with Gasteiger partial charge in [0.05, 0.1) is 7.11 Å². The van der Waals surface area contributed by atoms with Crippen molar-refractivity contribution >= 4 is 17.8 Å². The van der Waals surface area contributed by atoms with Crippen LogP contribution in [0, 0.1) is 0 Å². The number of ketones is 1. The highest BCUT2D eigenvalue weighted by Crippen LogP contribution is 2.56. The predicted octanol–water partition coefficient (Wildman–Crippen LogP) is 5.20. The highest BCUT2D eigenvalue weighted by Gasteiger charge is 2.62. The van der Waals surface area contributed by atoms with Crippen LogP contribution in [0.4, 0.5) is 4.79 Å². The van der Waals surface area contributed by atoms with Gasteiger partial charge < -0.3 is 9.47 Å². The molecule has 0 saturated carbocycles. The number of amides is 1. The molecule has 182 valence electrons. The van der Waals surface area contributed by atoms with Gasteiger partial charge in [0, 0.05) is 5.56 Å². The molecule has 6 heteroatoms. The number of hydrogen-bond acceptors (Lipinski definition) is 5. The Labute approximate surface area is 214 Å². The van der Waals surface area contributed by atoms with E-state index in [4.69, 9.17) is 9.47 Å². The minimum absolute atomic E-state index is 0.344. The summed E-state index contributed by atoms with van der Waals surface area (Å²) in [6, 6.07) is 32.3. The van der Waals surface area contributed by atoms with E-state index < -0.39 is 35.5 Å². The number of esters is 1. The molecule has 1 aliphatic heterocycles. The molecule has 0 aromatic heterocycles. The first kappa shape index (κ1) is 22.7.